The van der Waals surface area contributed by atoms with Crippen LogP contribution in [0.1, 0.15) is 27.7 Å². The van der Waals surface area contributed by atoms with Crippen LogP contribution in [0.2, 0.25) is 5.02 Å². The van der Waals surface area contributed by atoms with Crippen molar-refractivity contribution < 1.29 is 22.7 Å². The first-order chi connectivity index (χ1) is 14.8. The van der Waals surface area contributed by atoms with Crippen molar-refractivity contribution >= 4 is 28.4 Å². The molecule has 10 heteroatoms. The summed E-state index contributed by atoms with van der Waals surface area (Å²) in [4.78, 5) is 21.5. The number of carbonyl (C=O) groups is 1. The van der Waals surface area contributed by atoms with E-state index < -0.39 is 11.9 Å². The van der Waals surface area contributed by atoms with E-state index in [-0.39, 0.29) is 18.5 Å². The average Bonchev–Trinajstić information content (AvgIpc) is 3.24. The van der Waals surface area contributed by atoms with Gasteiger partial charge in [0.15, 0.2) is 0 Å². The van der Waals surface area contributed by atoms with E-state index in [4.69, 9.17) is 16.3 Å². The number of alkyl halides is 3. The maximum atomic E-state index is 12.9. The number of benzene rings is 1. The lowest BCUT2D eigenvalue weighted by Gasteiger charge is -2.34. The maximum absolute atomic E-state index is 12.9. The van der Waals surface area contributed by atoms with Crippen molar-refractivity contribution in [1.82, 2.24) is 20.2 Å². The molecular formula is C21H20ClF3N4O2. The van der Waals surface area contributed by atoms with E-state index in [9.17, 15) is 18.0 Å². The topological polar surface area (TPSA) is 70.2 Å². The number of rotatable bonds is 5. The smallest absolute Gasteiger partial charge is 0.379 e. The van der Waals surface area contributed by atoms with E-state index in [2.05, 4.69) is 20.2 Å². The standard InChI is InChI=1S/C21H20ClF3N4O2/c22-19-14-5-6-26-16(14)3-2-15(19)20(30)28-12-17(29-7-9-31-10-8-29)13-1-4-18(27-11-13)21(23,24)25/h1-6,11,17,26H,7-10,12H2,(H,28,30). The molecule has 0 radical (unpaired) electrons. The predicted molar refractivity (Wildman–Crippen MR) is 110 cm³/mol. The molecule has 1 aliphatic rings. The van der Waals surface area contributed by atoms with Crippen LogP contribution in [0.15, 0.2) is 42.7 Å². The van der Waals surface area contributed by atoms with Gasteiger partial charge in [-0.1, -0.05) is 17.7 Å². The molecule has 31 heavy (non-hydrogen) atoms. The first kappa shape index (κ1) is 21.6. The third-order valence-corrected chi connectivity index (χ3v) is 5.72. The van der Waals surface area contributed by atoms with Crippen molar-refractivity contribution in [2.45, 2.75) is 12.2 Å². The summed E-state index contributed by atoms with van der Waals surface area (Å²) in [6.07, 6.45) is -1.55. The molecule has 1 fully saturated rings. The zero-order chi connectivity index (χ0) is 22.0. The minimum atomic E-state index is -4.51. The number of nitrogens with one attached hydrogen (secondary N) is 2. The Balaban J connectivity index is 1.54. The van der Waals surface area contributed by atoms with Gasteiger partial charge < -0.3 is 15.0 Å². The number of H-pyrrole nitrogens is 1. The SMILES string of the molecule is O=C(NCC(c1ccc(C(F)(F)F)nc1)N1CCOCC1)c1ccc2[nH]ccc2c1Cl. The molecule has 1 atom stereocenters. The summed E-state index contributed by atoms with van der Waals surface area (Å²) in [6.45, 7) is 2.39. The fraction of sp³-hybridized carbons (Fsp3) is 0.333. The number of nitrogens with zero attached hydrogens (tertiary/aromatic N) is 2. The molecule has 0 saturated carbocycles. The fourth-order valence-corrected chi connectivity index (χ4v) is 3.99. The lowest BCUT2D eigenvalue weighted by molar-refractivity contribution is -0.141. The second-order valence-corrected chi connectivity index (χ2v) is 7.59. The maximum Gasteiger partial charge on any atom is 0.433 e. The molecular weight excluding hydrogens is 433 g/mol. The number of aromatic amines is 1. The number of carbonyl (C=O) groups excluding carboxylic acids is 1. The monoisotopic (exact) mass is 452 g/mol. The Hall–Kier alpha value is -2.62. The number of fused-ring (bicyclic) bond motifs is 1. The van der Waals surface area contributed by atoms with Crippen LogP contribution < -0.4 is 5.32 Å². The molecule has 1 aliphatic heterocycles. The van der Waals surface area contributed by atoms with Gasteiger partial charge in [0, 0.05) is 42.9 Å². The summed E-state index contributed by atoms with van der Waals surface area (Å²) >= 11 is 6.39. The highest BCUT2D eigenvalue weighted by molar-refractivity contribution is 6.38. The van der Waals surface area contributed by atoms with Gasteiger partial charge in [-0.15, -0.1) is 0 Å². The Bertz CT molecular complexity index is 1060. The van der Waals surface area contributed by atoms with Crippen molar-refractivity contribution in [3.8, 4) is 0 Å². The third kappa shape index (κ3) is 4.68. The van der Waals surface area contributed by atoms with Crippen molar-refractivity contribution in [2.75, 3.05) is 32.8 Å². The quantitative estimate of drug-likeness (QED) is 0.613. The summed E-state index contributed by atoms with van der Waals surface area (Å²) in [5.41, 5.74) is 0.790. The van der Waals surface area contributed by atoms with Crippen LogP contribution >= 0.6 is 11.6 Å². The number of pyridine rings is 1. The van der Waals surface area contributed by atoms with Crippen LogP contribution in [0, 0.1) is 0 Å². The van der Waals surface area contributed by atoms with E-state index in [1.165, 1.54) is 12.3 Å². The molecule has 3 aromatic rings. The second-order valence-electron chi connectivity index (χ2n) is 7.21. The number of hydrogen-bond acceptors (Lipinski definition) is 4. The van der Waals surface area contributed by atoms with Crippen LogP contribution in [0.25, 0.3) is 10.9 Å². The molecule has 6 nitrogen and oxygen atoms in total. The molecule has 2 aromatic heterocycles. The zero-order valence-electron chi connectivity index (χ0n) is 16.4. The Morgan fingerprint density at radius 3 is 2.68 bits per heavy atom. The van der Waals surface area contributed by atoms with Crippen LogP contribution in [-0.4, -0.2) is 53.6 Å². The molecule has 3 heterocycles. The van der Waals surface area contributed by atoms with E-state index in [1.54, 1.807) is 24.4 Å². The summed E-state index contributed by atoms with van der Waals surface area (Å²) in [7, 11) is 0. The van der Waals surface area contributed by atoms with Gasteiger partial charge in [-0.05, 0) is 29.8 Å². The van der Waals surface area contributed by atoms with Gasteiger partial charge in [0.2, 0.25) is 0 Å². The number of ether oxygens (including phenoxy) is 1. The Morgan fingerprint density at radius 1 is 1.23 bits per heavy atom. The molecule has 2 N–H and O–H groups in total. The van der Waals surface area contributed by atoms with Gasteiger partial charge >= 0.3 is 6.18 Å². The van der Waals surface area contributed by atoms with E-state index in [0.717, 1.165) is 17.0 Å². The summed E-state index contributed by atoms with van der Waals surface area (Å²) < 4.78 is 44.0. The molecule has 4 rings (SSSR count). The molecule has 0 bridgehead atoms. The molecule has 1 saturated heterocycles. The molecule has 0 aliphatic carbocycles. The van der Waals surface area contributed by atoms with Crippen LogP contribution in [-0.2, 0) is 10.9 Å². The minimum Gasteiger partial charge on any atom is -0.379 e. The van der Waals surface area contributed by atoms with Gasteiger partial charge in [-0.2, -0.15) is 13.2 Å². The number of aromatic nitrogens is 2. The molecule has 1 unspecified atom stereocenters. The number of halogens is 4. The largest absolute Gasteiger partial charge is 0.433 e. The fourth-order valence-electron chi connectivity index (χ4n) is 3.67. The summed E-state index contributed by atoms with van der Waals surface area (Å²) in [6, 6.07) is 7.22. The summed E-state index contributed by atoms with van der Waals surface area (Å²) in [5, 5.41) is 3.96. The molecule has 1 amide bonds. The van der Waals surface area contributed by atoms with Crippen molar-refractivity contribution in [3.63, 3.8) is 0 Å². The summed E-state index contributed by atoms with van der Waals surface area (Å²) in [5.74, 6) is -0.355. The van der Waals surface area contributed by atoms with Gasteiger partial charge in [-0.25, -0.2) is 0 Å². The van der Waals surface area contributed by atoms with Crippen LogP contribution in [0.4, 0.5) is 13.2 Å². The average molecular weight is 453 g/mol. The Morgan fingerprint density at radius 2 is 2.00 bits per heavy atom. The number of amides is 1. The third-order valence-electron chi connectivity index (χ3n) is 5.32. The molecule has 0 spiro atoms. The second kappa shape index (κ2) is 8.86. The lowest BCUT2D eigenvalue weighted by atomic mass is 10.1. The minimum absolute atomic E-state index is 0.188. The van der Waals surface area contributed by atoms with Gasteiger partial charge in [0.1, 0.15) is 5.69 Å². The van der Waals surface area contributed by atoms with Gasteiger partial charge in [0.25, 0.3) is 5.91 Å². The lowest BCUT2D eigenvalue weighted by Crippen LogP contribution is -2.44. The molecule has 1 aromatic carbocycles. The van der Waals surface area contributed by atoms with Crippen molar-refractivity contribution in [3.05, 3.63) is 64.6 Å². The number of hydrogen-bond donors (Lipinski definition) is 2. The van der Waals surface area contributed by atoms with Gasteiger partial charge in [0.05, 0.1) is 29.8 Å². The predicted octanol–water partition coefficient (Wildman–Crippen LogP) is 4.04. The van der Waals surface area contributed by atoms with Crippen molar-refractivity contribution in [1.29, 1.82) is 0 Å². The van der Waals surface area contributed by atoms with Crippen LogP contribution in [0.3, 0.4) is 0 Å². The number of morpholine rings is 1. The first-order valence-electron chi connectivity index (χ1n) is 9.73. The van der Waals surface area contributed by atoms with E-state index in [0.29, 0.717) is 42.5 Å². The van der Waals surface area contributed by atoms with Gasteiger partial charge in [-0.3, -0.25) is 14.7 Å². The molecule has 164 valence electrons. The zero-order valence-corrected chi connectivity index (χ0v) is 17.1. The highest BCUT2D eigenvalue weighted by Crippen LogP contribution is 2.30. The highest BCUT2D eigenvalue weighted by Gasteiger charge is 2.33. The first-order valence-corrected chi connectivity index (χ1v) is 10.1. The highest BCUT2D eigenvalue weighted by atomic mass is 35.5. The van der Waals surface area contributed by atoms with E-state index in [1.807, 2.05) is 0 Å². The van der Waals surface area contributed by atoms with Crippen LogP contribution in [0.5, 0.6) is 0 Å². The Labute approximate surface area is 181 Å². The van der Waals surface area contributed by atoms with Crippen molar-refractivity contribution in [2.24, 2.45) is 0 Å². The Kier molecular flexibility index (Phi) is 6.17. The normalized spacial score (nSPS) is 16.4. The van der Waals surface area contributed by atoms with E-state index >= 15 is 0 Å².